The molecule has 70 valence electrons. The van der Waals surface area contributed by atoms with Gasteiger partial charge in [0, 0.05) is 0 Å². The summed E-state index contributed by atoms with van der Waals surface area (Å²) >= 11 is 0.621. The van der Waals surface area contributed by atoms with E-state index >= 15 is 0 Å². The zero-order valence-electron chi connectivity index (χ0n) is 6.85. The molecular weight excluding hydrogens is 331 g/mol. The van der Waals surface area contributed by atoms with Crippen molar-refractivity contribution < 1.29 is 12.4 Å². The molecular formula is C8H4ClN3Se2. The summed E-state index contributed by atoms with van der Waals surface area (Å²) in [4.78, 5) is 0. The minimum Gasteiger partial charge on any atom is -1.00 e. The SMILES string of the molecule is N#Cc1ccccc1-c1n[se][se+]n1.[Cl-]. The summed E-state index contributed by atoms with van der Waals surface area (Å²) < 4.78 is 8.61. The minimum atomic E-state index is 0. The van der Waals surface area contributed by atoms with Crippen LogP contribution in [0.2, 0.25) is 0 Å². The summed E-state index contributed by atoms with van der Waals surface area (Å²) in [6, 6.07) is 9.61. The second-order valence-corrected chi connectivity index (χ2v) is 6.95. The maximum Gasteiger partial charge on any atom is -1.00 e. The Morgan fingerprint density at radius 3 is 2.79 bits per heavy atom. The molecule has 1 aromatic carbocycles. The van der Waals surface area contributed by atoms with Crippen LogP contribution in [0.3, 0.4) is 0 Å². The predicted octanol–water partition coefficient (Wildman–Crippen LogP) is -2.59. The van der Waals surface area contributed by atoms with Crippen molar-refractivity contribution in [1.82, 2.24) is 7.96 Å². The summed E-state index contributed by atoms with van der Waals surface area (Å²) in [7, 11) is 0. The molecule has 14 heavy (non-hydrogen) atoms. The molecule has 1 heterocycles. The van der Waals surface area contributed by atoms with Crippen molar-refractivity contribution >= 4 is 25.7 Å². The molecule has 0 bridgehead atoms. The molecule has 0 radical (unpaired) electrons. The Labute approximate surface area is 98.3 Å². The molecule has 0 N–H and O–H groups in total. The van der Waals surface area contributed by atoms with Gasteiger partial charge in [-0.3, -0.25) is 0 Å². The van der Waals surface area contributed by atoms with Crippen LogP contribution in [0.25, 0.3) is 11.4 Å². The minimum absolute atomic E-state index is 0. The Morgan fingerprint density at radius 1 is 1.36 bits per heavy atom. The van der Waals surface area contributed by atoms with Gasteiger partial charge in [0.1, 0.15) is 0 Å². The zero-order chi connectivity index (χ0) is 9.10. The number of hydrogen-bond donors (Lipinski definition) is 0. The van der Waals surface area contributed by atoms with Gasteiger partial charge in [-0.25, -0.2) is 0 Å². The summed E-state index contributed by atoms with van der Waals surface area (Å²) in [5.74, 6) is 0.775. The third kappa shape index (κ3) is 2.30. The molecule has 0 aliphatic carbocycles. The van der Waals surface area contributed by atoms with Gasteiger partial charge in [0.15, 0.2) is 0 Å². The fourth-order valence-corrected chi connectivity index (χ4v) is 4.54. The Balaban J connectivity index is 0.000000980. The van der Waals surface area contributed by atoms with Crippen LogP contribution in [0.5, 0.6) is 0 Å². The molecule has 6 heteroatoms. The largest absolute Gasteiger partial charge is 1.00 e. The molecule has 0 spiro atoms. The number of benzene rings is 1. The van der Waals surface area contributed by atoms with Crippen molar-refractivity contribution in [3.05, 3.63) is 29.8 Å². The zero-order valence-corrected chi connectivity index (χ0v) is 11.0. The van der Waals surface area contributed by atoms with Crippen LogP contribution in [0.15, 0.2) is 24.3 Å². The van der Waals surface area contributed by atoms with Gasteiger partial charge in [-0.05, 0) is 0 Å². The van der Waals surface area contributed by atoms with Crippen LogP contribution in [-0.2, 0) is 0 Å². The molecule has 0 aliphatic heterocycles. The number of nitriles is 1. The van der Waals surface area contributed by atoms with Gasteiger partial charge in [0.2, 0.25) is 0 Å². The normalized spacial score (nSPS) is 8.79. The average molecular weight is 336 g/mol. The standard InChI is InChI=1S/C8H4N3Se2.ClH/c9-5-6-3-1-2-4-7(6)8-10-12-13-11-8;/h1-4H;1H/q+1;/p-1. The predicted molar refractivity (Wildman–Crippen MR) is 50.5 cm³/mol. The third-order valence-corrected chi connectivity index (χ3v) is 5.10. The Hall–Kier alpha value is -0.491. The van der Waals surface area contributed by atoms with E-state index in [2.05, 4.69) is 14.0 Å². The second kappa shape index (κ2) is 5.40. The van der Waals surface area contributed by atoms with E-state index in [1.807, 2.05) is 18.2 Å². The smallest absolute Gasteiger partial charge is 1.00 e. The number of aromatic nitrogens is 2. The van der Waals surface area contributed by atoms with Crippen LogP contribution >= 0.6 is 0 Å². The van der Waals surface area contributed by atoms with Crippen LogP contribution in [0.4, 0.5) is 0 Å². The van der Waals surface area contributed by atoms with Crippen LogP contribution in [0, 0.1) is 11.3 Å². The molecule has 1 aromatic heterocycles. The van der Waals surface area contributed by atoms with Crippen LogP contribution in [0.1, 0.15) is 5.56 Å². The van der Waals surface area contributed by atoms with E-state index in [-0.39, 0.29) is 12.4 Å². The molecule has 2 rings (SSSR count). The van der Waals surface area contributed by atoms with Crippen molar-refractivity contribution in [2.24, 2.45) is 0 Å². The molecule has 3 nitrogen and oxygen atoms in total. The molecule has 0 fully saturated rings. The van der Waals surface area contributed by atoms with E-state index in [1.165, 1.54) is 0 Å². The first-order valence-electron chi connectivity index (χ1n) is 3.53. The van der Waals surface area contributed by atoms with E-state index in [0.717, 1.165) is 11.4 Å². The van der Waals surface area contributed by atoms with Crippen molar-refractivity contribution in [2.45, 2.75) is 0 Å². The summed E-state index contributed by atoms with van der Waals surface area (Å²) in [6.07, 6.45) is 0. The Morgan fingerprint density at radius 2 is 2.14 bits per heavy atom. The van der Waals surface area contributed by atoms with Gasteiger partial charge in [0.25, 0.3) is 0 Å². The van der Waals surface area contributed by atoms with Gasteiger partial charge in [-0.2, -0.15) is 0 Å². The van der Waals surface area contributed by atoms with Crippen LogP contribution < -0.4 is 12.4 Å². The molecule has 2 aromatic rings. The Bertz CT molecular complexity index is 450. The van der Waals surface area contributed by atoms with Gasteiger partial charge in [-0.15, -0.1) is 0 Å². The molecule has 0 aliphatic rings. The fraction of sp³-hybridized carbons (Fsp3) is 0. The van der Waals surface area contributed by atoms with Crippen molar-refractivity contribution in [3.8, 4) is 17.5 Å². The first-order valence-corrected chi connectivity index (χ1v) is 9.40. The molecule has 0 saturated carbocycles. The molecule has 0 saturated heterocycles. The fourth-order valence-electron chi connectivity index (χ4n) is 0.995. The van der Waals surface area contributed by atoms with Crippen molar-refractivity contribution in [1.29, 1.82) is 5.26 Å². The van der Waals surface area contributed by atoms with Gasteiger partial charge in [0.05, 0.1) is 0 Å². The number of rotatable bonds is 1. The van der Waals surface area contributed by atoms with Crippen molar-refractivity contribution in [3.63, 3.8) is 0 Å². The first-order chi connectivity index (χ1) is 6.42. The second-order valence-electron chi connectivity index (χ2n) is 2.31. The third-order valence-electron chi connectivity index (χ3n) is 1.57. The summed E-state index contributed by atoms with van der Waals surface area (Å²) in [5, 5.41) is 8.84. The molecule has 0 atom stereocenters. The molecule has 0 amide bonds. The van der Waals surface area contributed by atoms with Crippen LogP contribution in [-0.4, -0.2) is 33.7 Å². The number of nitrogens with zero attached hydrogens (tertiary/aromatic N) is 3. The van der Waals surface area contributed by atoms with E-state index in [0.29, 0.717) is 31.3 Å². The topological polar surface area (TPSA) is 49.6 Å². The summed E-state index contributed by atoms with van der Waals surface area (Å²) in [5.41, 5.74) is 1.55. The first kappa shape index (κ1) is 11.6. The Kier molecular flexibility index (Phi) is 4.47. The van der Waals surface area contributed by atoms with Gasteiger partial charge in [-0.1, -0.05) is 0 Å². The van der Waals surface area contributed by atoms with Gasteiger partial charge >= 0.3 is 86.2 Å². The van der Waals surface area contributed by atoms with Crippen molar-refractivity contribution in [2.75, 3.05) is 0 Å². The van der Waals surface area contributed by atoms with Gasteiger partial charge < -0.3 is 12.4 Å². The number of hydrogen-bond acceptors (Lipinski definition) is 3. The van der Waals surface area contributed by atoms with E-state index in [4.69, 9.17) is 5.26 Å². The van der Waals surface area contributed by atoms with E-state index in [9.17, 15) is 0 Å². The number of halogens is 1. The average Bonchev–Trinajstić information content (AvgIpc) is 2.70. The maximum absolute atomic E-state index is 8.84. The van der Waals surface area contributed by atoms with E-state index in [1.54, 1.807) is 6.07 Å². The quantitative estimate of drug-likeness (QED) is 0.538. The maximum atomic E-state index is 8.84. The monoisotopic (exact) mass is 337 g/mol. The van der Waals surface area contributed by atoms with E-state index < -0.39 is 0 Å². The summed E-state index contributed by atoms with van der Waals surface area (Å²) in [6.45, 7) is 0. The molecule has 0 unspecified atom stereocenters.